The molecular formula is C7H4N4O. The van der Waals surface area contributed by atoms with Gasteiger partial charge in [0.1, 0.15) is 6.33 Å². The molecule has 0 bridgehead atoms. The van der Waals surface area contributed by atoms with Gasteiger partial charge in [-0.05, 0) is 12.1 Å². The highest BCUT2D eigenvalue weighted by atomic mass is 16.1. The van der Waals surface area contributed by atoms with Crippen LogP contribution in [0.25, 0.3) is 5.65 Å². The van der Waals surface area contributed by atoms with Crippen LogP contribution in [0.2, 0.25) is 0 Å². The molecule has 0 aromatic carbocycles. The number of rotatable bonds is 1. The normalized spacial score (nSPS) is 9.67. The average Bonchev–Trinajstić information content (AvgIpc) is 2.51. The minimum absolute atomic E-state index is 0.517. The molecule has 2 aromatic heterocycles. The van der Waals surface area contributed by atoms with Crippen LogP contribution >= 0.6 is 0 Å². The summed E-state index contributed by atoms with van der Waals surface area (Å²) in [6.45, 7) is 0. The summed E-state index contributed by atoms with van der Waals surface area (Å²) in [5.41, 5.74) is 1.24. The van der Waals surface area contributed by atoms with Crippen molar-refractivity contribution in [3.63, 3.8) is 0 Å². The van der Waals surface area contributed by atoms with Crippen molar-refractivity contribution >= 4 is 17.4 Å². The van der Waals surface area contributed by atoms with Gasteiger partial charge in [0.15, 0.2) is 5.65 Å². The highest BCUT2D eigenvalue weighted by molar-refractivity contribution is 5.51. The zero-order chi connectivity index (χ0) is 8.39. The van der Waals surface area contributed by atoms with Gasteiger partial charge in [-0.2, -0.15) is 10.1 Å². The van der Waals surface area contributed by atoms with E-state index < -0.39 is 0 Å². The molecule has 2 heterocycles. The largest absolute Gasteiger partial charge is 0.240 e. The molecule has 0 atom stereocenters. The van der Waals surface area contributed by atoms with E-state index >= 15 is 0 Å². The van der Waals surface area contributed by atoms with E-state index in [0.29, 0.717) is 5.69 Å². The van der Waals surface area contributed by atoms with Gasteiger partial charge in [-0.15, -0.1) is 0 Å². The lowest BCUT2D eigenvalue weighted by Gasteiger charge is -1.90. The lowest BCUT2D eigenvalue weighted by atomic mass is 10.4. The van der Waals surface area contributed by atoms with Crippen LogP contribution in [0.5, 0.6) is 0 Å². The first-order valence-electron chi connectivity index (χ1n) is 3.27. The fourth-order valence-corrected chi connectivity index (χ4v) is 0.925. The van der Waals surface area contributed by atoms with Gasteiger partial charge in [-0.3, -0.25) is 0 Å². The van der Waals surface area contributed by atoms with Gasteiger partial charge in [0.25, 0.3) is 0 Å². The minimum atomic E-state index is 0.517. The highest BCUT2D eigenvalue weighted by Gasteiger charge is 1.94. The Labute approximate surface area is 67.4 Å². The van der Waals surface area contributed by atoms with E-state index in [2.05, 4.69) is 15.1 Å². The Bertz CT molecular complexity index is 455. The molecule has 2 rings (SSSR count). The second kappa shape index (κ2) is 2.56. The second-order valence-electron chi connectivity index (χ2n) is 2.15. The summed E-state index contributed by atoms with van der Waals surface area (Å²) in [6.07, 6.45) is 4.49. The van der Waals surface area contributed by atoms with Crippen LogP contribution < -0.4 is 0 Å². The molecule has 0 amide bonds. The maximum absolute atomic E-state index is 9.91. The first-order chi connectivity index (χ1) is 5.90. The number of isocyanates is 1. The minimum Gasteiger partial charge on any atom is -0.219 e. The molecule has 0 radical (unpaired) electrons. The van der Waals surface area contributed by atoms with Crippen molar-refractivity contribution in [2.24, 2.45) is 4.99 Å². The quantitative estimate of drug-likeness (QED) is 0.455. The monoisotopic (exact) mass is 160 g/mol. The second-order valence-corrected chi connectivity index (χ2v) is 2.15. The number of nitrogens with zero attached hydrogens (tertiary/aromatic N) is 4. The average molecular weight is 160 g/mol. The fourth-order valence-electron chi connectivity index (χ4n) is 0.925. The number of aromatic nitrogens is 3. The lowest BCUT2D eigenvalue weighted by molar-refractivity contribution is 0.565. The summed E-state index contributed by atoms with van der Waals surface area (Å²) in [5.74, 6) is 0. The van der Waals surface area contributed by atoms with Gasteiger partial charge >= 0.3 is 0 Å². The standard InChI is InChI=1S/C7H4N4O/c12-5-9-6-1-2-7-8-4-10-11(7)3-6/h1-4H. The van der Waals surface area contributed by atoms with E-state index in [4.69, 9.17) is 0 Å². The molecule has 12 heavy (non-hydrogen) atoms. The molecule has 5 nitrogen and oxygen atoms in total. The van der Waals surface area contributed by atoms with Crippen molar-refractivity contribution in [3.8, 4) is 0 Å². The fraction of sp³-hybridized carbons (Fsp3) is 0. The van der Waals surface area contributed by atoms with Gasteiger partial charge < -0.3 is 0 Å². The van der Waals surface area contributed by atoms with Gasteiger partial charge in [-0.1, -0.05) is 0 Å². The molecule has 5 heteroatoms. The summed E-state index contributed by atoms with van der Waals surface area (Å²) in [4.78, 5) is 17.3. The molecule has 2 aromatic rings. The van der Waals surface area contributed by atoms with E-state index in [-0.39, 0.29) is 0 Å². The first-order valence-corrected chi connectivity index (χ1v) is 3.27. The van der Waals surface area contributed by atoms with Crippen LogP contribution in [0.4, 0.5) is 5.69 Å². The Morgan fingerprint density at radius 3 is 3.25 bits per heavy atom. The van der Waals surface area contributed by atoms with E-state index in [1.165, 1.54) is 16.9 Å². The number of carbonyl (C=O) groups excluding carboxylic acids is 1. The van der Waals surface area contributed by atoms with E-state index in [9.17, 15) is 4.79 Å². The summed E-state index contributed by atoms with van der Waals surface area (Å²) in [6, 6.07) is 3.40. The Hall–Kier alpha value is -2.00. The van der Waals surface area contributed by atoms with Crippen LogP contribution in [-0.4, -0.2) is 20.7 Å². The van der Waals surface area contributed by atoms with E-state index in [0.717, 1.165) is 5.65 Å². The number of hydrogen-bond acceptors (Lipinski definition) is 4. The third-order valence-corrected chi connectivity index (χ3v) is 1.43. The van der Waals surface area contributed by atoms with Crippen LogP contribution in [0, 0.1) is 0 Å². The third kappa shape index (κ3) is 0.980. The molecule has 0 aliphatic carbocycles. The summed E-state index contributed by atoms with van der Waals surface area (Å²) in [7, 11) is 0. The predicted molar refractivity (Wildman–Crippen MR) is 40.8 cm³/mol. The van der Waals surface area contributed by atoms with E-state index in [1.807, 2.05) is 0 Å². The van der Waals surface area contributed by atoms with Gasteiger partial charge in [0.05, 0.1) is 11.9 Å². The molecule has 0 aliphatic rings. The van der Waals surface area contributed by atoms with Crippen molar-refractivity contribution in [2.45, 2.75) is 0 Å². The van der Waals surface area contributed by atoms with Crippen molar-refractivity contribution in [3.05, 3.63) is 24.7 Å². The van der Waals surface area contributed by atoms with Crippen LogP contribution in [0.15, 0.2) is 29.6 Å². The van der Waals surface area contributed by atoms with Crippen LogP contribution in [-0.2, 0) is 4.79 Å². The Morgan fingerprint density at radius 2 is 2.42 bits per heavy atom. The maximum Gasteiger partial charge on any atom is 0.240 e. The number of pyridine rings is 1. The zero-order valence-electron chi connectivity index (χ0n) is 6.01. The van der Waals surface area contributed by atoms with Crippen molar-refractivity contribution < 1.29 is 4.79 Å². The van der Waals surface area contributed by atoms with Gasteiger partial charge in [-0.25, -0.2) is 14.3 Å². The smallest absolute Gasteiger partial charge is 0.219 e. The summed E-state index contributed by atoms with van der Waals surface area (Å²) in [5, 5.41) is 3.88. The van der Waals surface area contributed by atoms with Gasteiger partial charge in [0.2, 0.25) is 6.08 Å². The number of fused-ring (bicyclic) bond motifs is 1. The summed E-state index contributed by atoms with van der Waals surface area (Å²) >= 11 is 0. The van der Waals surface area contributed by atoms with Gasteiger partial charge in [0, 0.05) is 0 Å². The first kappa shape index (κ1) is 6.69. The molecule has 0 saturated heterocycles. The highest BCUT2D eigenvalue weighted by Crippen LogP contribution is 2.10. The molecule has 0 unspecified atom stereocenters. The number of aliphatic imine (C=N–C) groups is 1. The SMILES string of the molecule is O=C=Nc1ccc2ncnn2c1. The maximum atomic E-state index is 9.91. The summed E-state index contributed by atoms with van der Waals surface area (Å²) < 4.78 is 1.54. The van der Waals surface area contributed by atoms with Crippen LogP contribution in [0.1, 0.15) is 0 Å². The number of hydrogen-bond donors (Lipinski definition) is 0. The lowest BCUT2D eigenvalue weighted by Crippen LogP contribution is -1.84. The molecule has 0 aliphatic heterocycles. The van der Waals surface area contributed by atoms with E-state index in [1.54, 1.807) is 18.3 Å². The molecule has 0 fully saturated rings. The Morgan fingerprint density at radius 1 is 1.50 bits per heavy atom. The molecule has 58 valence electrons. The Kier molecular flexibility index (Phi) is 1.43. The Balaban J connectivity index is 2.67. The third-order valence-electron chi connectivity index (χ3n) is 1.43. The predicted octanol–water partition coefficient (Wildman–Crippen LogP) is 0.697. The van der Waals surface area contributed by atoms with Crippen molar-refractivity contribution in [1.82, 2.24) is 14.6 Å². The topological polar surface area (TPSA) is 59.6 Å². The van der Waals surface area contributed by atoms with Crippen molar-refractivity contribution in [1.29, 1.82) is 0 Å². The molecule has 0 spiro atoms. The van der Waals surface area contributed by atoms with Crippen LogP contribution in [0.3, 0.4) is 0 Å². The molecule has 0 N–H and O–H groups in total. The molecule has 0 saturated carbocycles. The molecular weight excluding hydrogens is 156 g/mol. The van der Waals surface area contributed by atoms with Crippen molar-refractivity contribution in [2.75, 3.05) is 0 Å². The zero-order valence-corrected chi connectivity index (χ0v) is 6.01.